The highest BCUT2D eigenvalue weighted by Gasteiger charge is 2.06. The number of ether oxygens (including phenoxy) is 1. The van der Waals surface area contributed by atoms with E-state index in [2.05, 4.69) is 5.32 Å². The molecule has 1 N–H and O–H groups in total. The van der Waals surface area contributed by atoms with Crippen LogP contribution >= 0.6 is 35.0 Å². The summed E-state index contributed by atoms with van der Waals surface area (Å²) in [4.78, 5) is 11.9. The lowest BCUT2D eigenvalue weighted by atomic mass is 10.2. The molecule has 0 saturated heterocycles. The first-order valence-electron chi connectivity index (χ1n) is 6.54. The third kappa shape index (κ3) is 5.13. The fourth-order valence-electron chi connectivity index (χ4n) is 1.76. The Morgan fingerprint density at radius 3 is 2.55 bits per heavy atom. The van der Waals surface area contributed by atoms with Crippen molar-refractivity contribution in [3.8, 4) is 5.75 Å². The number of halogens is 2. The minimum absolute atomic E-state index is 0.0553. The van der Waals surface area contributed by atoms with Gasteiger partial charge in [0.2, 0.25) is 5.91 Å². The second-order valence-electron chi connectivity index (χ2n) is 4.51. The topological polar surface area (TPSA) is 38.3 Å². The molecule has 116 valence electrons. The van der Waals surface area contributed by atoms with E-state index < -0.39 is 0 Å². The summed E-state index contributed by atoms with van der Waals surface area (Å²) in [6, 6.07) is 12.6. The molecule has 0 aromatic heterocycles. The van der Waals surface area contributed by atoms with Crippen LogP contribution in [0.25, 0.3) is 0 Å². The number of carbonyl (C=O) groups excluding carboxylic acids is 1. The van der Waals surface area contributed by atoms with Gasteiger partial charge in [0.15, 0.2) is 0 Å². The second kappa shape index (κ2) is 8.32. The molecular weight excluding hydrogens is 341 g/mol. The first-order valence-corrected chi connectivity index (χ1v) is 8.45. The van der Waals surface area contributed by atoms with Crippen LogP contribution < -0.4 is 10.1 Å². The van der Waals surface area contributed by atoms with E-state index in [9.17, 15) is 4.79 Å². The SMILES string of the molecule is COc1ccc(NC(=O)CSCc2ccc(Cl)cc2Cl)cc1. The molecule has 0 radical (unpaired) electrons. The van der Waals surface area contributed by atoms with Crippen LogP contribution in [0.2, 0.25) is 10.0 Å². The number of anilines is 1. The zero-order valence-corrected chi connectivity index (χ0v) is 14.3. The minimum atomic E-state index is -0.0553. The lowest BCUT2D eigenvalue weighted by Gasteiger charge is -2.07. The van der Waals surface area contributed by atoms with Crippen LogP contribution in [0.4, 0.5) is 5.69 Å². The lowest BCUT2D eigenvalue weighted by molar-refractivity contribution is -0.113. The first kappa shape index (κ1) is 17.0. The quantitative estimate of drug-likeness (QED) is 0.802. The van der Waals surface area contributed by atoms with Crippen LogP contribution in [-0.4, -0.2) is 18.8 Å². The van der Waals surface area contributed by atoms with Crippen LogP contribution in [0, 0.1) is 0 Å². The van der Waals surface area contributed by atoms with Gasteiger partial charge in [-0.25, -0.2) is 0 Å². The third-order valence-electron chi connectivity index (χ3n) is 2.88. The Hall–Kier alpha value is -1.36. The van der Waals surface area contributed by atoms with E-state index in [0.717, 1.165) is 17.0 Å². The highest BCUT2D eigenvalue weighted by atomic mass is 35.5. The first-order chi connectivity index (χ1) is 10.6. The summed E-state index contributed by atoms with van der Waals surface area (Å²) in [5, 5.41) is 4.06. The van der Waals surface area contributed by atoms with Crippen LogP contribution in [0.3, 0.4) is 0 Å². The highest BCUT2D eigenvalue weighted by Crippen LogP contribution is 2.24. The Balaban J connectivity index is 1.79. The molecule has 0 spiro atoms. The normalized spacial score (nSPS) is 10.3. The maximum Gasteiger partial charge on any atom is 0.234 e. The maximum atomic E-state index is 11.9. The van der Waals surface area contributed by atoms with E-state index in [1.165, 1.54) is 11.8 Å². The van der Waals surface area contributed by atoms with Crippen molar-refractivity contribution in [3.63, 3.8) is 0 Å². The van der Waals surface area contributed by atoms with E-state index in [0.29, 0.717) is 21.6 Å². The summed E-state index contributed by atoms with van der Waals surface area (Å²) in [5.41, 5.74) is 1.71. The van der Waals surface area contributed by atoms with Crippen LogP contribution in [-0.2, 0) is 10.5 Å². The van der Waals surface area contributed by atoms with Gasteiger partial charge in [0.1, 0.15) is 5.75 Å². The van der Waals surface area contributed by atoms with Crippen molar-refractivity contribution in [3.05, 3.63) is 58.1 Å². The third-order valence-corrected chi connectivity index (χ3v) is 4.45. The summed E-state index contributed by atoms with van der Waals surface area (Å²) < 4.78 is 5.07. The maximum absolute atomic E-state index is 11.9. The molecule has 2 aromatic rings. The van der Waals surface area contributed by atoms with Crippen molar-refractivity contribution in [2.45, 2.75) is 5.75 Å². The van der Waals surface area contributed by atoms with Crippen molar-refractivity contribution in [2.75, 3.05) is 18.2 Å². The summed E-state index contributed by atoms with van der Waals surface area (Å²) in [7, 11) is 1.60. The average molecular weight is 356 g/mol. The molecule has 6 heteroatoms. The molecule has 22 heavy (non-hydrogen) atoms. The molecule has 0 fully saturated rings. The van der Waals surface area contributed by atoms with Gasteiger partial charge in [-0.3, -0.25) is 4.79 Å². The molecule has 0 atom stereocenters. The number of nitrogens with one attached hydrogen (secondary N) is 1. The van der Waals surface area contributed by atoms with Gasteiger partial charge in [0, 0.05) is 21.5 Å². The van der Waals surface area contributed by atoms with Gasteiger partial charge in [-0.2, -0.15) is 0 Å². The zero-order chi connectivity index (χ0) is 15.9. The van der Waals surface area contributed by atoms with Gasteiger partial charge in [-0.1, -0.05) is 29.3 Å². The van der Waals surface area contributed by atoms with E-state index in [-0.39, 0.29) is 5.91 Å². The number of rotatable bonds is 6. The van der Waals surface area contributed by atoms with E-state index in [1.807, 2.05) is 6.07 Å². The standard InChI is InChI=1S/C16H15Cl2NO2S/c1-21-14-6-4-13(5-7-14)19-16(20)10-22-9-11-2-3-12(17)8-15(11)18/h2-8H,9-10H2,1H3,(H,19,20). The fraction of sp³-hybridized carbons (Fsp3) is 0.188. The Morgan fingerprint density at radius 2 is 1.91 bits per heavy atom. The monoisotopic (exact) mass is 355 g/mol. The molecule has 0 heterocycles. The summed E-state index contributed by atoms with van der Waals surface area (Å²) in [6.07, 6.45) is 0. The van der Waals surface area contributed by atoms with Crippen LogP contribution in [0.1, 0.15) is 5.56 Å². The van der Waals surface area contributed by atoms with Gasteiger partial charge in [-0.05, 0) is 42.0 Å². The Labute approximate surface area is 144 Å². The number of methoxy groups -OCH3 is 1. The zero-order valence-electron chi connectivity index (χ0n) is 11.9. The molecule has 3 nitrogen and oxygen atoms in total. The Morgan fingerprint density at radius 1 is 1.18 bits per heavy atom. The lowest BCUT2D eigenvalue weighted by Crippen LogP contribution is -2.14. The Kier molecular flexibility index (Phi) is 6.43. The predicted molar refractivity (Wildman–Crippen MR) is 94.2 cm³/mol. The molecule has 0 aliphatic rings. The van der Waals surface area contributed by atoms with Gasteiger partial charge < -0.3 is 10.1 Å². The van der Waals surface area contributed by atoms with Gasteiger partial charge >= 0.3 is 0 Å². The van der Waals surface area contributed by atoms with E-state index in [1.54, 1.807) is 43.5 Å². The number of carbonyl (C=O) groups is 1. The van der Waals surface area contributed by atoms with E-state index >= 15 is 0 Å². The number of thioether (sulfide) groups is 1. The summed E-state index contributed by atoms with van der Waals surface area (Å²) >= 11 is 13.4. The molecule has 0 aliphatic carbocycles. The fourth-order valence-corrected chi connectivity index (χ4v) is 3.15. The van der Waals surface area contributed by atoms with Crippen molar-refractivity contribution in [2.24, 2.45) is 0 Å². The van der Waals surface area contributed by atoms with Crippen molar-refractivity contribution < 1.29 is 9.53 Å². The predicted octanol–water partition coefficient (Wildman–Crippen LogP) is 4.87. The largest absolute Gasteiger partial charge is 0.497 e. The minimum Gasteiger partial charge on any atom is -0.497 e. The molecule has 0 aliphatic heterocycles. The average Bonchev–Trinajstić information content (AvgIpc) is 2.50. The smallest absolute Gasteiger partial charge is 0.234 e. The second-order valence-corrected chi connectivity index (χ2v) is 6.33. The number of amides is 1. The Bertz CT molecular complexity index is 647. The van der Waals surface area contributed by atoms with Gasteiger partial charge in [0.05, 0.1) is 12.9 Å². The van der Waals surface area contributed by atoms with Gasteiger partial charge in [-0.15, -0.1) is 11.8 Å². The molecule has 2 rings (SSSR count). The van der Waals surface area contributed by atoms with Crippen molar-refractivity contribution in [1.82, 2.24) is 0 Å². The molecule has 1 amide bonds. The molecule has 0 bridgehead atoms. The van der Waals surface area contributed by atoms with Crippen LogP contribution in [0.15, 0.2) is 42.5 Å². The molecular formula is C16H15Cl2NO2S. The number of hydrogen-bond acceptors (Lipinski definition) is 3. The molecule has 2 aromatic carbocycles. The van der Waals surface area contributed by atoms with Gasteiger partial charge in [0.25, 0.3) is 0 Å². The van der Waals surface area contributed by atoms with Crippen molar-refractivity contribution in [1.29, 1.82) is 0 Å². The van der Waals surface area contributed by atoms with Crippen molar-refractivity contribution >= 4 is 46.6 Å². The highest BCUT2D eigenvalue weighted by molar-refractivity contribution is 7.99. The summed E-state index contributed by atoms with van der Waals surface area (Å²) in [5.74, 6) is 1.71. The summed E-state index contributed by atoms with van der Waals surface area (Å²) in [6.45, 7) is 0. The molecule has 0 saturated carbocycles. The number of benzene rings is 2. The van der Waals surface area contributed by atoms with Crippen LogP contribution in [0.5, 0.6) is 5.75 Å². The van der Waals surface area contributed by atoms with E-state index in [4.69, 9.17) is 27.9 Å². The molecule has 0 unspecified atom stereocenters. The number of hydrogen-bond donors (Lipinski definition) is 1.